The first-order chi connectivity index (χ1) is 15.1. The van der Waals surface area contributed by atoms with E-state index in [2.05, 4.69) is 0 Å². The van der Waals surface area contributed by atoms with Gasteiger partial charge in [0.2, 0.25) is 5.75 Å². The largest absolute Gasteiger partial charge is 0.493 e. The molecule has 3 aromatic rings. The van der Waals surface area contributed by atoms with Crippen molar-refractivity contribution in [1.82, 2.24) is 0 Å². The lowest BCUT2D eigenvalue weighted by molar-refractivity contribution is -0.141. The summed E-state index contributed by atoms with van der Waals surface area (Å²) in [6.45, 7) is 0.107. The molecular weight excluding hydrogens is 396 g/mol. The summed E-state index contributed by atoms with van der Waals surface area (Å²) in [5.41, 5.74) is 2.29. The van der Waals surface area contributed by atoms with Crippen LogP contribution in [0.4, 0.5) is 0 Å². The molecule has 6 nitrogen and oxygen atoms in total. The van der Waals surface area contributed by atoms with Gasteiger partial charge in [-0.3, -0.25) is 9.59 Å². The monoisotopic (exact) mass is 418 g/mol. The van der Waals surface area contributed by atoms with E-state index in [-0.39, 0.29) is 24.3 Å². The normalized spacial score (nSPS) is 22.0. The van der Waals surface area contributed by atoms with Gasteiger partial charge in [-0.05, 0) is 34.0 Å². The first-order valence-electron chi connectivity index (χ1n) is 10.1. The van der Waals surface area contributed by atoms with Crippen LogP contribution in [0, 0.1) is 11.8 Å². The highest BCUT2D eigenvalue weighted by atomic mass is 16.5. The second-order valence-electron chi connectivity index (χ2n) is 7.81. The van der Waals surface area contributed by atoms with Crippen LogP contribution in [0.5, 0.6) is 17.2 Å². The van der Waals surface area contributed by atoms with Crippen LogP contribution in [0.2, 0.25) is 0 Å². The molecule has 0 amide bonds. The van der Waals surface area contributed by atoms with Gasteiger partial charge in [0, 0.05) is 11.5 Å². The summed E-state index contributed by atoms with van der Waals surface area (Å²) >= 11 is 0. The lowest BCUT2D eigenvalue weighted by Gasteiger charge is -2.33. The van der Waals surface area contributed by atoms with Crippen LogP contribution in [-0.2, 0) is 9.53 Å². The first kappa shape index (κ1) is 19.4. The van der Waals surface area contributed by atoms with Crippen molar-refractivity contribution in [2.24, 2.45) is 11.8 Å². The number of cyclic esters (lactones) is 1. The number of carbonyl (C=O) groups excluding carboxylic acids is 2. The van der Waals surface area contributed by atoms with E-state index >= 15 is 0 Å². The van der Waals surface area contributed by atoms with E-state index in [0.717, 1.165) is 21.9 Å². The third-order valence-corrected chi connectivity index (χ3v) is 6.40. The Morgan fingerprint density at radius 1 is 0.903 bits per heavy atom. The van der Waals surface area contributed by atoms with Crippen molar-refractivity contribution in [1.29, 1.82) is 0 Å². The summed E-state index contributed by atoms with van der Waals surface area (Å²) in [4.78, 5) is 26.2. The molecule has 0 radical (unpaired) electrons. The molecule has 1 saturated heterocycles. The van der Waals surface area contributed by atoms with Gasteiger partial charge in [0.05, 0.1) is 33.2 Å². The Kier molecular flexibility index (Phi) is 4.58. The van der Waals surface area contributed by atoms with Gasteiger partial charge < -0.3 is 18.9 Å². The van der Waals surface area contributed by atoms with Gasteiger partial charge in [0.25, 0.3) is 0 Å². The Bertz CT molecular complexity index is 1190. The van der Waals surface area contributed by atoms with E-state index in [1.807, 2.05) is 48.5 Å². The second kappa shape index (κ2) is 7.30. The third kappa shape index (κ3) is 2.78. The number of rotatable bonds is 4. The SMILES string of the molecule is COc1cc([C@@H]2c3c(ccc4ccccc34)C(=O)[C@H]3COC(=O)[C@@H]23)cc(OC)c1OC. The van der Waals surface area contributed by atoms with Gasteiger partial charge in [-0.25, -0.2) is 0 Å². The number of Topliss-reactive ketones (excluding diaryl/α,β-unsaturated/α-hetero) is 1. The third-order valence-electron chi connectivity index (χ3n) is 6.40. The molecule has 3 atom stereocenters. The van der Waals surface area contributed by atoms with Crippen molar-refractivity contribution in [3.63, 3.8) is 0 Å². The molecule has 3 aromatic carbocycles. The smallest absolute Gasteiger partial charge is 0.310 e. The predicted octanol–water partition coefficient (Wildman–Crippen LogP) is 3.98. The summed E-state index contributed by atoms with van der Waals surface area (Å²) in [5.74, 6) is -0.413. The topological polar surface area (TPSA) is 71.1 Å². The molecule has 31 heavy (non-hydrogen) atoms. The van der Waals surface area contributed by atoms with Gasteiger partial charge in [-0.1, -0.05) is 36.4 Å². The number of benzene rings is 3. The minimum Gasteiger partial charge on any atom is -0.493 e. The molecular formula is C25H22O6. The lowest BCUT2D eigenvalue weighted by atomic mass is 9.66. The average Bonchev–Trinajstić information content (AvgIpc) is 3.19. The van der Waals surface area contributed by atoms with Crippen LogP contribution in [0.25, 0.3) is 10.8 Å². The second-order valence-corrected chi connectivity index (χ2v) is 7.81. The number of ketones is 1. The first-order valence-corrected chi connectivity index (χ1v) is 10.1. The van der Waals surface area contributed by atoms with Gasteiger partial charge in [-0.2, -0.15) is 0 Å². The standard InChI is InChI=1S/C25H22O6/c1-28-18-10-14(11-19(29-2)24(18)30-3)20-21-15-7-5-4-6-13(15)8-9-16(21)23(26)17-12-31-25(27)22(17)20/h4-11,17,20,22H,12H2,1-3H3/t17-,20+,22+/m0/s1. The van der Waals surface area contributed by atoms with Crippen LogP contribution < -0.4 is 14.2 Å². The minimum atomic E-state index is -0.603. The van der Waals surface area contributed by atoms with Crippen molar-refractivity contribution < 1.29 is 28.5 Å². The van der Waals surface area contributed by atoms with Crippen LogP contribution in [0.1, 0.15) is 27.4 Å². The highest BCUT2D eigenvalue weighted by molar-refractivity contribution is 6.09. The number of esters is 1. The zero-order chi connectivity index (χ0) is 21.7. The van der Waals surface area contributed by atoms with E-state index in [1.165, 1.54) is 0 Å². The molecule has 0 saturated carbocycles. The van der Waals surface area contributed by atoms with Crippen molar-refractivity contribution >= 4 is 22.5 Å². The van der Waals surface area contributed by atoms with Crippen molar-refractivity contribution in [2.75, 3.05) is 27.9 Å². The Labute approximate surface area is 179 Å². The van der Waals surface area contributed by atoms with Crippen LogP contribution in [0.3, 0.4) is 0 Å². The minimum absolute atomic E-state index is 0.0414. The summed E-state index contributed by atoms with van der Waals surface area (Å²) in [6.07, 6.45) is 0. The van der Waals surface area contributed by atoms with Crippen LogP contribution in [-0.4, -0.2) is 39.7 Å². The van der Waals surface area contributed by atoms with E-state index in [0.29, 0.717) is 22.8 Å². The van der Waals surface area contributed by atoms with Gasteiger partial charge >= 0.3 is 5.97 Å². The van der Waals surface area contributed by atoms with Crippen LogP contribution >= 0.6 is 0 Å². The average molecular weight is 418 g/mol. The number of carbonyl (C=O) groups is 2. The number of methoxy groups -OCH3 is 3. The summed E-state index contributed by atoms with van der Waals surface area (Å²) in [7, 11) is 4.66. The molecule has 158 valence electrons. The maximum Gasteiger partial charge on any atom is 0.310 e. The fraction of sp³-hybridized carbons (Fsp3) is 0.280. The maximum atomic E-state index is 13.3. The Balaban J connectivity index is 1.84. The molecule has 1 aliphatic heterocycles. The number of fused-ring (bicyclic) bond motifs is 4. The van der Waals surface area contributed by atoms with E-state index in [4.69, 9.17) is 18.9 Å². The molecule has 0 aromatic heterocycles. The summed E-state index contributed by atoms with van der Waals surface area (Å²) < 4.78 is 22.0. The zero-order valence-electron chi connectivity index (χ0n) is 17.5. The lowest BCUT2D eigenvalue weighted by Crippen LogP contribution is -2.36. The molecule has 1 fully saturated rings. The molecule has 1 aliphatic carbocycles. The highest BCUT2D eigenvalue weighted by Gasteiger charge is 2.52. The molecule has 5 rings (SSSR count). The van der Waals surface area contributed by atoms with Crippen molar-refractivity contribution in [2.45, 2.75) is 5.92 Å². The summed E-state index contributed by atoms with van der Waals surface area (Å²) in [6, 6.07) is 15.4. The zero-order valence-corrected chi connectivity index (χ0v) is 17.5. The fourth-order valence-electron chi connectivity index (χ4n) is 5.02. The van der Waals surface area contributed by atoms with E-state index in [9.17, 15) is 9.59 Å². The van der Waals surface area contributed by atoms with Gasteiger partial charge in [0.15, 0.2) is 17.3 Å². The quantitative estimate of drug-likeness (QED) is 0.597. The maximum absolute atomic E-state index is 13.3. The fourth-order valence-corrected chi connectivity index (χ4v) is 5.02. The van der Waals surface area contributed by atoms with Gasteiger partial charge in [0.1, 0.15) is 6.61 Å². The van der Waals surface area contributed by atoms with Crippen LogP contribution in [0.15, 0.2) is 48.5 Å². The molecule has 6 heteroatoms. The van der Waals surface area contributed by atoms with Gasteiger partial charge in [-0.15, -0.1) is 0 Å². The molecule has 1 heterocycles. The summed E-state index contributed by atoms with van der Waals surface area (Å²) in [5, 5.41) is 1.96. The molecule has 0 unspecified atom stereocenters. The number of hydrogen-bond acceptors (Lipinski definition) is 6. The van der Waals surface area contributed by atoms with Crippen molar-refractivity contribution in [3.05, 3.63) is 65.2 Å². The molecule has 0 N–H and O–H groups in total. The molecule has 0 spiro atoms. The van der Waals surface area contributed by atoms with E-state index < -0.39 is 11.8 Å². The predicted molar refractivity (Wildman–Crippen MR) is 114 cm³/mol. The number of ether oxygens (including phenoxy) is 4. The molecule has 2 aliphatic rings. The van der Waals surface area contributed by atoms with Crippen molar-refractivity contribution in [3.8, 4) is 17.2 Å². The molecule has 0 bridgehead atoms. The Hall–Kier alpha value is -3.54. The Morgan fingerprint density at radius 2 is 1.61 bits per heavy atom. The Morgan fingerprint density at radius 3 is 2.29 bits per heavy atom. The number of hydrogen-bond donors (Lipinski definition) is 0. The highest BCUT2D eigenvalue weighted by Crippen LogP contribution is 2.51. The van der Waals surface area contributed by atoms with E-state index in [1.54, 1.807) is 21.3 Å².